The zero-order valence-corrected chi connectivity index (χ0v) is 7.82. The van der Waals surface area contributed by atoms with Crippen LogP contribution in [-0.4, -0.2) is 9.79 Å². The van der Waals surface area contributed by atoms with E-state index >= 15 is 0 Å². The zero-order chi connectivity index (χ0) is 3.58. The molecule has 0 saturated carbocycles. The van der Waals surface area contributed by atoms with Crippen LogP contribution in [-0.2, 0) is 4.57 Å². The molecule has 3 nitrogen and oxygen atoms in total. The maximum absolute atomic E-state index is 8.74. The maximum Gasteiger partial charge on any atom is 0.314 e. The van der Waals surface area contributed by atoms with Crippen molar-refractivity contribution in [1.29, 1.82) is 0 Å². The summed E-state index contributed by atoms with van der Waals surface area (Å²) in [6.45, 7) is 0. The molecule has 8 heavy (non-hydrogen) atoms. The first-order valence-electron chi connectivity index (χ1n) is 0.651. The minimum absolute atomic E-state index is 0. The van der Waals surface area contributed by atoms with E-state index in [-0.39, 0.29) is 47.1 Å². The van der Waals surface area contributed by atoms with E-state index in [4.69, 9.17) is 14.4 Å². The van der Waals surface area contributed by atoms with Gasteiger partial charge in [0.05, 0.1) is 0 Å². The predicted octanol–water partition coefficient (Wildman–Crippen LogP) is 1.49. The van der Waals surface area contributed by atoms with E-state index < -0.39 is 8.25 Å². The van der Waals surface area contributed by atoms with Crippen molar-refractivity contribution in [2.24, 2.45) is 0 Å². The number of halogens is 3. The molecule has 0 aliphatic rings. The van der Waals surface area contributed by atoms with Crippen molar-refractivity contribution in [2.75, 3.05) is 0 Å². The standard InChI is InChI=1S/3ClH.H3O3P.P/c;;;1-4(2)3;/h3*1H;4H,(H2,1,2,3);. The van der Waals surface area contributed by atoms with Gasteiger partial charge < -0.3 is 9.79 Å². The molecule has 0 aromatic rings. The van der Waals surface area contributed by atoms with Crippen LogP contribution < -0.4 is 0 Å². The van der Waals surface area contributed by atoms with Crippen molar-refractivity contribution >= 4 is 55.4 Å². The molecule has 2 N–H and O–H groups in total. The van der Waals surface area contributed by atoms with E-state index in [9.17, 15) is 0 Å². The van der Waals surface area contributed by atoms with Crippen LogP contribution in [0.15, 0.2) is 0 Å². The first-order valence-corrected chi connectivity index (χ1v) is 1.95. The topological polar surface area (TPSA) is 57.5 Å². The molecular formula is H6Cl3O3P2. The lowest BCUT2D eigenvalue weighted by molar-refractivity contribution is 0.405. The lowest BCUT2D eigenvalue weighted by atomic mass is 15.8. The van der Waals surface area contributed by atoms with E-state index in [1.54, 1.807) is 0 Å². The number of rotatable bonds is 0. The predicted molar refractivity (Wildman–Crippen MR) is 42.1 cm³/mol. The summed E-state index contributed by atoms with van der Waals surface area (Å²) in [4.78, 5) is 14.3. The minimum atomic E-state index is -3.13. The Balaban J connectivity index is -0.00000000750. The first-order chi connectivity index (χ1) is 1.73. The van der Waals surface area contributed by atoms with Crippen LogP contribution in [0.1, 0.15) is 0 Å². The SMILES string of the molecule is Cl.Cl.Cl.O=[PH](O)O.[P]. The van der Waals surface area contributed by atoms with Gasteiger partial charge >= 0.3 is 8.25 Å². The summed E-state index contributed by atoms with van der Waals surface area (Å²) in [6.07, 6.45) is 0. The molecule has 0 saturated heterocycles. The zero-order valence-electron chi connectivity index (χ0n) is 3.47. The molecule has 0 aromatic carbocycles. The molecule has 0 fully saturated rings. The number of hydrogen-bond donors (Lipinski definition) is 2. The fourth-order valence-electron chi connectivity index (χ4n) is 0. The molecule has 0 bridgehead atoms. The molecule has 8 heteroatoms. The fraction of sp³-hybridized carbons (Fsp3) is 0. The van der Waals surface area contributed by atoms with Crippen LogP contribution in [0, 0.1) is 0 Å². The van der Waals surface area contributed by atoms with Crippen molar-refractivity contribution in [3.63, 3.8) is 0 Å². The Bertz CT molecular complexity index is 35.5. The minimum Gasteiger partial charge on any atom is -0.326 e. The van der Waals surface area contributed by atoms with E-state index in [1.165, 1.54) is 0 Å². The Labute approximate surface area is 70.1 Å². The molecule has 0 aromatic heterocycles. The summed E-state index contributed by atoms with van der Waals surface area (Å²) in [5.41, 5.74) is 0. The van der Waals surface area contributed by atoms with Crippen molar-refractivity contribution < 1.29 is 14.4 Å². The van der Waals surface area contributed by atoms with Crippen LogP contribution in [0.4, 0.5) is 0 Å². The fourth-order valence-corrected chi connectivity index (χ4v) is 0. The second kappa shape index (κ2) is 23.7. The molecule has 0 aliphatic carbocycles. The smallest absolute Gasteiger partial charge is 0.314 e. The average molecular weight is 222 g/mol. The van der Waals surface area contributed by atoms with Gasteiger partial charge in [-0.15, -0.1) is 37.2 Å². The Kier molecular flexibility index (Phi) is 101. The van der Waals surface area contributed by atoms with Gasteiger partial charge in [0, 0.05) is 9.90 Å². The number of hydrogen-bond acceptors (Lipinski definition) is 1. The summed E-state index contributed by atoms with van der Waals surface area (Å²) in [5, 5.41) is 0. The Morgan fingerprint density at radius 3 is 1.00 bits per heavy atom. The summed E-state index contributed by atoms with van der Waals surface area (Å²) in [7, 11) is -3.13. The summed E-state index contributed by atoms with van der Waals surface area (Å²) in [5.74, 6) is 0. The highest BCUT2D eigenvalue weighted by Crippen LogP contribution is 1.98. The van der Waals surface area contributed by atoms with Gasteiger partial charge in [-0.1, -0.05) is 0 Å². The largest absolute Gasteiger partial charge is 0.326 e. The van der Waals surface area contributed by atoms with Crippen LogP contribution >= 0.6 is 55.4 Å². The van der Waals surface area contributed by atoms with E-state index in [0.29, 0.717) is 0 Å². The summed E-state index contributed by atoms with van der Waals surface area (Å²) >= 11 is 0. The van der Waals surface area contributed by atoms with E-state index in [0.717, 1.165) is 0 Å². The van der Waals surface area contributed by atoms with Crippen LogP contribution in [0.25, 0.3) is 0 Å². The third-order valence-corrected chi connectivity index (χ3v) is 0. The van der Waals surface area contributed by atoms with Gasteiger partial charge in [0.25, 0.3) is 0 Å². The van der Waals surface area contributed by atoms with Gasteiger partial charge in [0.15, 0.2) is 0 Å². The molecule has 3 radical (unpaired) electrons. The molecule has 0 unspecified atom stereocenters. The average Bonchev–Trinajstić information content (AvgIpc) is 0.811. The Morgan fingerprint density at radius 2 is 1.00 bits per heavy atom. The molecule has 0 spiro atoms. The third kappa shape index (κ3) is 147. The molecule has 0 heterocycles. The Hall–Kier alpha value is 1.45. The summed E-state index contributed by atoms with van der Waals surface area (Å²) < 4.78 is 8.74. The lowest BCUT2D eigenvalue weighted by Crippen LogP contribution is -1.38. The lowest BCUT2D eigenvalue weighted by Gasteiger charge is -1.61. The second-order valence-corrected chi connectivity index (χ2v) is 0.848. The second-order valence-electron chi connectivity index (χ2n) is 0.283. The van der Waals surface area contributed by atoms with Crippen LogP contribution in [0.2, 0.25) is 0 Å². The Morgan fingerprint density at radius 1 is 1.00 bits per heavy atom. The highest BCUT2D eigenvalue weighted by atomic mass is 35.5. The highest BCUT2D eigenvalue weighted by Gasteiger charge is 1.61. The van der Waals surface area contributed by atoms with E-state index in [2.05, 4.69) is 0 Å². The monoisotopic (exact) mass is 221 g/mol. The van der Waals surface area contributed by atoms with Crippen molar-refractivity contribution in [3.05, 3.63) is 0 Å². The highest BCUT2D eigenvalue weighted by molar-refractivity contribution is 7.30. The van der Waals surface area contributed by atoms with Gasteiger partial charge in [-0.2, -0.15) is 0 Å². The third-order valence-electron chi connectivity index (χ3n) is 0. The van der Waals surface area contributed by atoms with E-state index in [1.807, 2.05) is 0 Å². The van der Waals surface area contributed by atoms with Gasteiger partial charge in [-0.3, -0.25) is 4.57 Å². The van der Waals surface area contributed by atoms with Gasteiger partial charge in [0.1, 0.15) is 0 Å². The van der Waals surface area contributed by atoms with Gasteiger partial charge in [0.2, 0.25) is 0 Å². The quantitative estimate of drug-likeness (QED) is 0.610. The van der Waals surface area contributed by atoms with Crippen molar-refractivity contribution in [3.8, 4) is 0 Å². The maximum atomic E-state index is 8.74. The summed E-state index contributed by atoms with van der Waals surface area (Å²) in [6, 6.07) is 0. The van der Waals surface area contributed by atoms with Crippen molar-refractivity contribution in [2.45, 2.75) is 0 Å². The molecule has 55 valence electrons. The van der Waals surface area contributed by atoms with Gasteiger partial charge in [-0.25, -0.2) is 0 Å². The molecule has 0 atom stereocenters. The van der Waals surface area contributed by atoms with Crippen LogP contribution in [0.3, 0.4) is 0 Å². The first kappa shape index (κ1) is 34.1. The van der Waals surface area contributed by atoms with Crippen molar-refractivity contribution in [1.82, 2.24) is 0 Å². The molecular weight excluding hydrogens is 216 g/mol. The van der Waals surface area contributed by atoms with Gasteiger partial charge in [-0.05, 0) is 0 Å². The molecule has 0 amide bonds. The van der Waals surface area contributed by atoms with Crippen LogP contribution in [0.5, 0.6) is 0 Å². The molecule has 0 rings (SSSR count). The normalized spacial score (nSPS) is 4.38. The molecule has 0 aliphatic heterocycles.